The number of aryl methyl sites for hydroxylation is 1. The largest absolute Gasteiger partial charge is 0.388 e. The number of hydrogen-bond acceptors (Lipinski definition) is 2. The van der Waals surface area contributed by atoms with Crippen molar-refractivity contribution in [2.24, 2.45) is 0 Å². The Balaban J connectivity index is 2.02. The molecule has 0 aromatic heterocycles. The van der Waals surface area contributed by atoms with Crippen molar-refractivity contribution >= 4 is 11.6 Å². The molecule has 0 aliphatic heterocycles. The van der Waals surface area contributed by atoms with Crippen LogP contribution < -0.4 is 10.6 Å². The Labute approximate surface area is 115 Å². The van der Waals surface area contributed by atoms with E-state index in [4.69, 9.17) is 0 Å². The topological polar surface area (TPSA) is 41.1 Å². The predicted octanol–water partition coefficient (Wildman–Crippen LogP) is 3.49. The zero-order valence-corrected chi connectivity index (χ0v) is 12.0. The van der Waals surface area contributed by atoms with Gasteiger partial charge in [0.25, 0.3) is 5.91 Å². The Hall–Kier alpha value is -1.51. The first-order valence-electron chi connectivity index (χ1n) is 7.30. The first-order valence-corrected chi connectivity index (χ1v) is 7.30. The molecule has 1 aromatic rings. The van der Waals surface area contributed by atoms with Crippen molar-refractivity contribution in [2.45, 2.75) is 51.5 Å². The summed E-state index contributed by atoms with van der Waals surface area (Å²) in [4.78, 5) is 12.3. The van der Waals surface area contributed by atoms with Crippen LogP contribution in [0.25, 0.3) is 0 Å². The van der Waals surface area contributed by atoms with Crippen LogP contribution in [0.3, 0.4) is 0 Å². The lowest BCUT2D eigenvalue weighted by molar-refractivity contribution is 0.0933. The van der Waals surface area contributed by atoms with Gasteiger partial charge in [0, 0.05) is 24.3 Å². The average Bonchev–Trinajstić information content (AvgIpc) is 2.67. The van der Waals surface area contributed by atoms with E-state index < -0.39 is 0 Å². The Morgan fingerprint density at radius 1 is 1.16 bits per heavy atom. The molecule has 2 N–H and O–H groups in total. The van der Waals surface area contributed by atoms with Crippen LogP contribution in [0.15, 0.2) is 18.2 Å². The summed E-state index contributed by atoms with van der Waals surface area (Å²) in [6, 6.07) is 6.24. The monoisotopic (exact) mass is 260 g/mol. The maximum absolute atomic E-state index is 12.3. The van der Waals surface area contributed by atoms with E-state index in [2.05, 4.69) is 10.6 Å². The zero-order valence-electron chi connectivity index (χ0n) is 12.0. The van der Waals surface area contributed by atoms with Crippen molar-refractivity contribution in [1.29, 1.82) is 0 Å². The van der Waals surface area contributed by atoms with Gasteiger partial charge in [0.05, 0.1) is 0 Å². The zero-order chi connectivity index (χ0) is 13.7. The van der Waals surface area contributed by atoms with Crippen LogP contribution in [-0.2, 0) is 0 Å². The number of benzene rings is 1. The molecule has 0 bridgehead atoms. The molecule has 3 heteroatoms. The van der Waals surface area contributed by atoms with E-state index in [0.717, 1.165) is 29.7 Å². The van der Waals surface area contributed by atoms with Crippen molar-refractivity contribution in [3.05, 3.63) is 29.3 Å². The van der Waals surface area contributed by atoms with Gasteiger partial charge >= 0.3 is 0 Å². The Morgan fingerprint density at radius 3 is 2.42 bits per heavy atom. The highest BCUT2D eigenvalue weighted by Gasteiger charge is 2.16. The van der Waals surface area contributed by atoms with Crippen LogP contribution in [0.1, 0.15) is 54.4 Å². The first-order chi connectivity index (χ1) is 9.20. The summed E-state index contributed by atoms with van der Waals surface area (Å²) in [5.74, 6) is 0.0760. The summed E-state index contributed by atoms with van der Waals surface area (Å²) in [5.41, 5.74) is 2.87. The Bertz CT molecular complexity index is 434. The molecule has 0 heterocycles. The van der Waals surface area contributed by atoms with Crippen molar-refractivity contribution < 1.29 is 4.79 Å². The highest BCUT2D eigenvalue weighted by molar-refractivity contribution is 5.96. The van der Waals surface area contributed by atoms with E-state index in [9.17, 15) is 4.79 Å². The lowest BCUT2D eigenvalue weighted by atomic mass is 10.0. The third-order valence-electron chi connectivity index (χ3n) is 3.95. The molecule has 1 fully saturated rings. The summed E-state index contributed by atoms with van der Waals surface area (Å²) < 4.78 is 0. The van der Waals surface area contributed by atoms with Crippen molar-refractivity contribution in [2.75, 3.05) is 12.4 Å². The van der Waals surface area contributed by atoms with Gasteiger partial charge in [-0.05, 0) is 43.5 Å². The highest BCUT2D eigenvalue weighted by Crippen LogP contribution is 2.19. The van der Waals surface area contributed by atoms with E-state index in [-0.39, 0.29) is 5.91 Å². The Kier molecular flexibility index (Phi) is 4.83. The smallest absolute Gasteiger partial charge is 0.251 e. The minimum atomic E-state index is 0.0760. The summed E-state index contributed by atoms with van der Waals surface area (Å²) in [6.07, 6.45) is 7.34. The van der Waals surface area contributed by atoms with Crippen LogP contribution in [0.5, 0.6) is 0 Å². The van der Waals surface area contributed by atoms with Gasteiger partial charge in [-0.15, -0.1) is 0 Å². The summed E-state index contributed by atoms with van der Waals surface area (Å²) >= 11 is 0. The standard InChI is InChI=1S/C16H24N2O/c1-12-11-14(17-2)9-10-15(12)16(19)18-13-7-5-3-4-6-8-13/h9-11,13,17H,3-8H2,1-2H3,(H,18,19). The van der Waals surface area contributed by atoms with Gasteiger partial charge in [-0.3, -0.25) is 4.79 Å². The van der Waals surface area contributed by atoms with Crippen LogP contribution >= 0.6 is 0 Å². The average molecular weight is 260 g/mol. The van der Waals surface area contributed by atoms with Crippen molar-refractivity contribution in [1.82, 2.24) is 5.32 Å². The quantitative estimate of drug-likeness (QED) is 0.817. The highest BCUT2D eigenvalue weighted by atomic mass is 16.1. The second kappa shape index (κ2) is 6.60. The van der Waals surface area contributed by atoms with E-state index in [1.807, 2.05) is 32.2 Å². The van der Waals surface area contributed by atoms with Crippen LogP contribution in [-0.4, -0.2) is 19.0 Å². The lowest BCUT2D eigenvalue weighted by Gasteiger charge is -2.17. The number of amides is 1. The van der Waals surface area contributed by atoms with Crippen LogP contribution in [0.4, 0.5) is 5.69 Å². The molecule has 0 atom stereocenters. The van der Waals surface area contributed by atoms with E-state index >= 15 is 0 Å². The summed E-state index contributed by atoms with van der Waals surface area (Å²) in [7, 11) is 1.89. The number of carbonyl (C=O) groups is 1. The number of rotatable bonds is 3. The summed E-state index contributed by atoms with van der Waals surface area (Å²) in [5, 5.41) is 6.29. The lowest BCUT2D eigenvalue weighted by Crippen LogP contribution is -2.34. The van der Waals surface area contributed by atoms with Gasteiger partial charge in [-0.25, -0.2) is 0 Å². The molecule has 0 unspecified atom stereocenters. The molecular formula is C16H24N2O. The normalized spacial score (nSPS) is 16.7. The molecule has 19 heavy (non-hydrogen) atoms. The predicted molar refractivity (Wildman–Crippen MR) is 79.7 cm³/mol. The molecule has 1 saturated carbocycles. The molecule has 0 spiro atoms. The number of hydrogen-bond donors (Lipinski definition) is 2. The maximum Gasteiger partial charge on any atom is 0.251 e. The first kappa shape index (κ1) is 13.9. The molecule has 1 aliphatic carbocycles. The minimum absolute atomic E-state index is 0.0760. The second-order valence-electron chi connectivity index (χ2n) is 5.44. The van der Waals surface area contributed by atoms with Gasteiger partial charge < -0.3 is 10.6 Å². The molecule has 104 valence electrons. The van der Waals surface area contributed by atoms with E-state index in [1.54, 1.807) is 0 Å². The summed E-state index contributed by atoms with van der Waals surface area (Å²) in [6.45, 7) is 1.99. The SMILES string of the molecule is CNc1ccc(C(=O)NC2CCCCCC2)c(C)c1. The fraction of sp³-hybridized carbons (Fsp3) is 0.562. The van der Waals surface area contributed by atoms with E-state index in [0.29, 0.717) is 6.04 Å². The molecule has 1 aliphatic rings. The third-order valence-corrected chi connectivity index (χ3v) is 3.95. The molecule has 0 saturated heterocycles. The number of anilines is 1. The minimum Gasteiger partial charge on any atom is -0.388 e. The fourth-order valence-corrected chi connectivity index (χ4v) is 2.76. The van der Waals surface area contributed by atoms with Crippen molar-refractivity contribution in [3.8, 4) is 0 Å². The van der Waals surface area contributed by atoms with Gasteiger partial charge in [0.15, 0.2) is 0 Å². The fourth-order valence-electron chi connectivity index (χ4n) is 2.76. The molecule has 2 rings (SSSR count). The molecular weight excluding hydrogens is 236 g/mol. The molecule has 3 nitrogen and oxygen atoms in total. The number of nitrogens with one attached hydrogen (secondary N) is 2. The van der Waals surface area contributed by atoms with Gasteiger partial charge in [-0.2, -0.15) is 0 Å². The van der Waals surface area contributed by atoms with Crippen molar-refractivity contribution in [3.63, 3.8) is 0 Å². The molecule has 1 aromatic carbocycles. The van der Waals surface area contributed by atoms with Crippen LogP contribution in [0.2, 0.25) is 0 Å². The van der Waals surface area contributed by atoms with Gasteiger partial charge in [-0.1, -0.05) is 25.7 Å². The third kappa shape index (κ3) is 3.72. The second-order valence-corrected chi connectivity index (χ2v) is 5.44. The number of carbonyl (C=O) groups excluding carboxylic acids is 1. The molecule has 1 amide bonds. The van der Waals surface area contributed by atoms with Gasteiger partial charge in [0.2, 0.25) is 0 Å². The maximum atomic E-state index is 12.3. The van der Waals surface area contributed by atoms with Gasteiger partial charge in [0.1, 0.15) is 0 Å². The van der Waals surface area contributed by atoms with E-state index in [1.165, 1.54) is 25.7 Å². The molecule has 0 radical (unpaired) electrons. The van der Waals surface area contributed by atoms with Crippen LogP contribution in [0, 0.1) is 6.92 Å². The Morgan fingerprint density at radius 2 is 1.84 bits per heavy atom.